The van der Waals surface area contributed by atoms with Crippen LogP contribution in [-0.4, -0.2) is 22.9 Å². The predicted molar refractivity (Wildman–Crippen MR) is 75.4 cm³/mol. The van der Waals surface area contributed by atoms with E-state index in [0.717, 1.165) is 28.1 Å². The molecule has 0 amide bonds. The molecule has 0 radical (unpaired) electrons. The summed E-state index contributed by atoms with van der Waals surface area (Å²) in [4.78, 5) is 6.93. The first kappa shape index (κ1) is 12.4. The Balaban J connectivity index is 2.34. The molecule has 4 heteroatoms. The van der Waals surface area contributed by atoms with Crippen LogP contribution in [0.1, 0.15) is 18.9 Å². The van der Waals surface area contributed by atoms with Gasteiger partial charge in [0.25, 0.3) is 0 Å². The zero-order valence-electron chi connectivity index (χ0n) is 9.58. The summed E-state index contributed by atoms with van der Waals surface area (Å²) in [5.41, 5.74) is 1.25. The van der Waals surface area contributed by atoms with Crippen molar-refractivity contribution in [1.29, 1.82) is 0 Å². The van der Waals surface area contributed by atoms with Crippen molar-refractivity contribution >= 4 is 37.7 Å². The smallest absolute Gasteiger partial charge is 0.143 e. The first-order valence-corrected chi connectivity index (χ1v) is 7.50. The van der Waals surface area contributed by atoms with E-state index < -0.39 is 0 Å². The second-order valence-electron chi connectivity index (χ2n) is 4.45. The molecule has 1 aliphatic heterocycles. The first-order chi connectivity index (χ1) is 7.65. The first-order valence-electron chi connectivity index (χ1n) is 5.59. The number of aromatic nitrogens is 1. The third-order valence-corrected chi connectivity index (χ3v) is 5.02. The molecule has 2 heterocycles. The molecule has 0 aromatic carbocycles. The van der Waals surface area contributed by atoms with Crippen LogP contribution in [0.2, 0.25) is 0 Å². The molecule has 2 nitrogen and oxygen atoms in total. The normalized spacial score (nSPS) is 25.1. The molecule has 1 saturated heterocycles. The quantitative estimate of drug-likeness (QED) is 0.757. The van der Waals surface area contributed by atoms with Crippen LogP contribution < -0.4 is 4.90 Å². The molecule has 0 bridgehead atoms. The topological polar surface area (TPSA) is 16.1 Å². The van der Waals surface area contributed by atoms with Gasteiger partial charge in [0.15, 0.2) is 0 Å². The van der Waals surface area contributed by atoms with Crippen LogP contribution in [0.25, 0.3) is 0 Å². The van der Waals surface area contributed by atoms with Crippen molar-refractivity contribution in [3.63, 3.8) is 0 Å². The van der Waals surface area contributed by atoms with Crippen molar-refractivity contribution in [2.24, 2.45) is 5.92 Å². The number of halogens is 2. The lowest BCUT2D eigenvalue weighted by Gasteiger charge is -2.27. The Kier molecular flexibility index (Phi) is 3.90. The molecular formula is C12H16Br2N2. The van der Waals surface area contributed by atoms with Gasteiger partial charge < -0.3 is 4.90 Å². The molecule has 0 spiro atoms. The van der Waals surface area contributed by atoms with E-state index in [-0.39, 0.29) is 0 Å². The van der Waals surface area contributed by atoms with E-state index in [0.29, 0.717) is 6.04 Å². The molecule has 1 fully saturated rings. The standard InChI is InChI=1S/C12H16Br2N2/c1-8-4-6-16(10(8)7-13)12-11(14)9(2)3-5-15-12/h3,5,8,10H,4,6-7H2,1-2H3. The van der Waals surface area contributed by atoms with Gasteiger partial charge in [-0.1, -0.05) is 22.9 Å². The number of anilines is 1. The van der Waals surface area contributed by atoms with Gasteiger partial charge in [0.05, 0.1) is 4.47 Å². The average Bonchev–Trinajstić information content (AvgIpc) is 2.63. The van der Waals surface area contributed by atoms with E-state index in [1.54, 1.807) is 0 Å². The number of rotatable bonds is 2. The van der Waals surface area contributed by atoms with Crippen LogP contribution in [-0.2, 0) is 0 Å². The number of aryl methyl sites for hydroxylation is 1. The van der Waals surface area contributed by atoms with Gasteiger partial charge in [-0.25, -0.2) is 4.98 Å². The Morgan fingerprint density at radius 3 is 3.00 bits per heavy atom. The fourth-order valence-corrected chi connectivity index (χ4v) is 3.68. The molecule has 2 rings (SSSR count). The van der Waals surface area contributed by atoms with Gasteiger partial charge in [-0.2, -0.15) is 0 Å². The summed E-state index contributed by atoms with van der Waals surface area (Å²) in [6, 6.07) is 2.60. The maximum Gasteiger partial charge on any atom is 0.143 e. The molecule has 1 aliphatic rings. The molecule has 88 valence electrons. The maximum absolute atomic E-state index is 4.51. The minimum absolute atomic E-state index is 0.561. The number of hydrogen-bond acceptors (Lipinski definition) is 2. The number of pyridine rings is 1. The minimum Gasteiger partial charge on any atom is -0.352 e. The Labute approximate surface area is 114 Å². The molecule has 0 aliphatic carbocycles. The van der Waals surface area contributed by atoms with Gasteiger partial charge in [-0.05, 0) is 46.8 Å². The Bertz CT molecular complexity index is 381. The van der Waals surface area contributed by atoms with Crippen LogP contribution in [0.3, 0.4) is 0 Å². The molecule has 2 atom stereocenters. The SMILES string of the molecule is Cc1ccnc(N2CCC(C)C2CBr)c1Br. The van der Waals surface area contributed by atoms with E-state index in [1.807, 2.05) is 12.3 Å². The van der Waals surface area contributed by atoms with Crippen molar-refractivity contribution in [2.75, 3.05) is 16.8 Å². The van der Waals surface area contributed by atoms with Crippen LogP contribution in [0.15, 0.2) is 16.7 Å². The van der Waals surface area contributed by atoms with E-state index >= 15 is 0 Å². The van der Waals surface area contributed by atoms with E-state index in [9.17, 15) is 0 Å². The Morgan fingerprint density at radius 2 is 2.31 bits per heavy atom. The monoisotopic (exact) mass is 346 g/mol. The summed E-state index contributed by atoms with van der Waals surface area (Å²) in [6.45, 7) is 5.53. The molecule has 1 aromatic rings. The largest absolute Gasteiger partial charge is 0.352 e. The van der Waals surface area contributed by atoms with Crippen LogP contribution >= 0.6 is 31.9 Å². The van der Waals surface area contributed by atoms with Crippen molar-refractivity contribution in [2.45, 2.75) is 26.3 Å². The summed E-state index contributed by atoms with van der Waals surface area (Å²) in [7, 11) is 0. The highest BCUT2D eigenvalue weighted by atomic mass is 79.9. The Morgan fingerprint density at radius 1 is 1.56 bits per heavy atom. The molecule has 0 saturated carbocycles. The second kappa shape index (κ2) is 5.05. The lowest BCUT2D eigenvalue weighted by molar-refractivity contribution is 0.552. The fourth-order valence-electron chi connectivity index (χ4n) is 2.23. The third-order valence-electron chi connectivity index (χ3n) is 3.38. The third kappa shape index (κ3) is 2.14. The highest BCUT2D eigenvalue weighted by Crippen LogP contribution is 2.34. The molecule has 1 aromatic heterocycles. The highest BCUT2D eigenvalue weighted by molar-refractivity contribution is 9.10. The van der Waals surface area contributed by atoms with Crippen LogP contribution in [0.5, 0.6) is 0 Å². The Hall–Kier alpha value is -0.0900. The van der Waals surface area contributed by atoms with Gasteiger partial charge in [0, 0.05) is 24.1 Å². The summed E-state index contributed by atoms with van der Waals surface area (Å²) < 4.78 is 1.13. The van der Waals surface area contributed by atoms with Gasteiger partial charge in [-0.3, -0.25) is 0 Å². The lowest BCUT2D eigenvalue weighted by Crippen LogP contribution is -2.34. The van der Waals surface area contributed by atoms with Gasteiger partial charge >= 0.3 is 0 Å². The molecule has 0 N–H and O–H groups in total. The number of alkyl halides is 1. The van der Waals surface area contributed by atoms with Crippen LogP contribution in [0.4, 0.5) is 5.82 Å². The summed E-state index contributed by atoms with van der Waals surface area (Å²) >= 11 is 7.26. The number of hydrogen-bond donors (Lipinski definition) is 0. The predicted octanol–water partition coefficient (Wildman–Crippen LogP) is 3.76. The van der Waals surface area contributed by atoms with Crippen LogP contribution in [0, 0.1) is 12.8 Å². The summed E-state index contributed by atoms with van der Waals surface area (Å²) in [5, 5.41) is 1.01. The highest BCUT2D eigenvalue weighted by Gasteiger charge is 2.32. The molecule has 16 heavy (non-hydrogen) atoms. The van der Waals surface area contributed by atoms with E-state index in [1.165, 1.54) is 12.0 Å². The molecular weight excluding hydrogens is 332 g/mol. The van der Waals surface area contributed by atoms with Gasteiger partial charge in [-0.15, -0.1) is 0 Å². The van der Waals surface area contributed by atoms with Crippen molar-refractivity contribution in [3.8, 4) is 0 Å². The van der Waals surface area contributed by atoms with Crippen molar-refractivity contribution in [1.82, 2.24) is 4.98 Å². The maximum atomic E-state index is 4.51. The lowest BCUT2D eigenvalue weighted by atomic mass is 10.1. The van der Waals surface area contributed by atoms with E-state index in [2.05, 4.69) is 55.6 Å². The second-order valence-corrected chi connectivity index (χ2v) is 5.89. The minimum atomic E-state index is 0.561. The van der Waals surface area contributed by atoms with Gasteiger partial charge in [0.1, 0.15) is 5.82 Å². The molecule has 2 unspecified atom stereocenters. The van der Waals surface area contributed by atoms with Gasteiger partial charge in [0.2, 0.25) is 0 Å². The number of nitrogens with zero attached hydrogens (tertiary/aromatic N) is 2. The van der Waals surface area contributed by atoms with Crippen molar-refractivity contribution < 1.29 is 0 Å². The fraction of sp³-hybridized carbons (Fsp3) is 0.583. The summed E-state index contributed by atoms with van der Waals surface area (Å²) in [5.74, 6) is 1.82. The zero-order chi connectivity index (χ0) is 11.7. The zero-order valence-corrected chi connectivity index (χ0v) is 12.8. The average molecular weight is 348 g/mol. The van der Waals surface area contributed by atoms with Crippen molar-refractivity contribution in [3.05, 3.63) is 22.3 Å². The van der Waals surface area contributed by atoms with E-state index in [4.69, 9.17) is 0 Å². The summed E-state index contributed by atoms with van der Waals surface area (Å²) in [6.07, 6.45) is 3.14.